The highest BCUT2D eigenvalue weighted by molar-refractivity contribution is 9.10. The summed E-state index contributed by atoms with van der Waals surface area (Å²) in [7, 11) is 0. The first-order chi connectivity index (χ1) is 17.3. The van der Waals surface area contributed by atoms with Gasteiger partial charge in [0.1, 0.15) is 11.6 Å². The molecule has 192 valence electrons. The maximum absolute atomic E-state index is 14.2. The number of benzene rings is 2. The van der Waals surface area contributed by atoms with Crippen LogP contribution in [0.15, 0.2) is 53.0 Å². The molecule has 6 nitrogen and oxygen atoms in total. The fraction of sp³-hybridized carbons (Fsp3) is 0.429. The molecule has 1 aliphatic heterocycles. The van der Waals surface area contributed by atoms with Gasteiger partial charge in [-0.15, -0.1) is 0 Å². The van der Waals surface area contributed by atoms with Crippen LogP contribution in [-0.4, -0.2) is 64.3 Å². The summed E-state index contributed by atoms with van der Waals surface area (Å²) in [6.07, 6.45) is 0.835. The average molecular weight is 557 g/mol. The molecule has 0 radical (unpaired) electrons. The maximum Gasteiger partial charge on any atom is 0.254 e. The number of hydrogen-bond acceptors (Lipinski definition) is 4. The summed E-state index contributed by atoms with van der Waals surface area (Å²) < 4.78 is 16.9. The van der Waals surface area contributed by atoms with Crippen LogP contribution in [0.3, 0.4) is 0 Å². The summed E-state index contributed by atoms with van der Waals surface area (Å²) >= 11 is 3.50. The number of aromatic nitrogens is 2. The van der Waals surface area contributed by atoms with E-state index in [2.05, 4.69) is 46.5 Å². The van der Waals surface area contributed by atoms with E-state index in [-0.39, 0.29) is 17.8 Å². The van der Waals surface area contributed by atoms with Gasteiger partial charge >= 0.3 is 0 Å². The number of aryl methyl sites for hydroxylation is 1. The Balaban J connectivity index is 1.77. The molecule has 0 saturated carbocycles. The van der Waals surface area contributed by atoms with Gasteiger partial charge in [0.2, 0.25) is 0 Å². The predicted molar refractivity (Wildman–Crippen MR) is 146 cm³/mol. The summed E-state index contributed by atoms with van der Waals surface area (Å²) in [6.45, 7) is 13.4. The molecular formula is C28H35BrFN5O. The monoisotopic (exact) mass is 555 g/mol. The summed E-state index contributed by atoms with van der Waals surface area (Å²) in [5, 5.41) is 4.87. The highest BCUT2D eigenvalue weighted by Gasteiger charge is 2.29. The second-order valence-electron chi connectivity index (χ2n) is 9.40. The van der Waals surface area contributed by atoms with E-state index in [0.29, 0.717) is 17.8 Å². The number of halogens is 2. The van der Waals surface area contributed by atoms with Crippen molar-refractivity contribution >= 4 is 27.7 Å². The summed E-state index contributed by atoms with van der Waals surface area (Å²) in [5.74, 6) is 0.643. The van der Waals surface area contributed by atoms with Crippen LogP contribution in [0, 0.1) is 12.7 Å². The average Bonchev–Trinajstić information content (AvgIpc) is 3.22. The molecule has 1 amide bonds. The maximum atomic E-state index is 14.2. The highest BCUT2D eigenvalue weighted by Crippen LogP contribution is 2.31. The number of rotatable bonds is 8. The third-order valence-electron chi connectivity index (χ3n) is 7.11. The van der Waals surface area contributed by atoms with Gasteiger partial charge in [-0.25, -0.2) is 9.07 Å². The van der Waals surface area contributed by atoms with Crippen LogP contribution in [0.2, 0.25) is 0 Å². The molecule has 1 atom stereocenters. The fourth-order valence-electron chi connectivity index (χ4n) is 4.73. The van der Waals surface area contributed by atoms with Crippen LogP contribution in [0.25, 0.3) is 5.69 Å². The van der Waals surface area contributed by atoms with Gasteiger partial charge in [0.25, 0.3) is 5.91 Å². The SMILES string of the molecule is CC[C@H](C)N(Cc1c(C)nn(-c2cccc(F)c2)c1N1CCN(CC)CC1)C(=O)c1cccc(Br)c1. The van der Waals surface area contributed by atoms with Gasteiger partial charge < -0.3 is 14.7 Å². The topological polar surface area (TPSA) is 44.6 Å². The molecule has 3 aromatic rings. The van der Waals surface area contributed by atoms with Crippen molar-refractivity contribution in [2.45, 2.75) is 46.7 Å². The first kappa shape index (κ1) is 26.4. The highest BCUT2D eigenvalue weighted by atomic mass is 79.9. The third kappa shape index (κ3) is 5.65. The lowest BCUT2D eigenvalue weighted by molar-refractivity contribution is 0.0671. The molecule has 4 rings (SSSR count). The second-order valence-corrected chi connectivity index (χ2v) is 10.3. The molecule has 0 bridgehead atoms. The minimum atomic E-state index is -0.296. The number of likely N-dealkylation sites (N-methyl/N-ethyl adjacent to an activating group) is 1. The standard InChI is InChI=1S/C28H35BrFN5O/c1-5-20(3)34(28(36)22-9-7-10-23(29)17-22)19-26-21(4)31-35(25-12-8-11-24(30)18-25)27(26)33-15-13-32(6-2)14-16-33/h7-12,17-18,20H,5-6,13-16,19H2,1-4H3/t20-/m0/s1. The van der Waals surface area contributed by atoms with Gasteiger partial charge in [-0.05, 0) is 63.2 Å². The Kier molecular flexibility index (Phi) is 8.46. The second kappa shape index (κ2) is 11.6. The normalized spacial score (nSPS) is 15.2. The van der Waals surface area contributed by atoms with Crippen molar-refractivity contribution < 1.29 is 9.18 Å². The number of nitrogens with zero attached hydrogens (tertiary/aromatic N) is 5. The van der Waals surface area contributed by atoms with Crippen LogP contribution >= 0.6 is 15.9 Å². The van der Waals surface area contributed by atoms with Crippen LogP contribution < -0.4 is 4.90 Å². The van der Waals surface area contributed by atoms with Crippen LogP contribution in [0.4, 0.5) is 10.2 Å². The molecule has 1 fully saturated rings. The van der Waals surface area contributed by atoms with Crippen molar-refractivity contribution in [2.75, 3.05) is 37.6 Å². The van der Waals surface area contributed by atoms with Crippen molar-refractivity contribution in [2.24, 2.45) is 0 Å². The van der Waals surface area contributed by atoms with E-state index in [0.717, 1.165) is 60.7 Å². The molecular weight excluding hydrogens is 521 g/mol. The van der Waals surface area contributed by atoms with Crippen molar-refractivity contribution in [1.29, 1.82) is 0 Å². The van der Waals surface area contributed by atoms with Gasteiger partial charge in [-0.2, -0.15) is 5.10 Å². The quantitative estimate of drug-likeness (QED) is 0.359. The van der Waals surface area contributed by atoms with Crippen LogP contribution in [0.1, 0.15) is 48.8 Å². The number of anilines is 1. The number of hydrogen-bond donors (Lipinski definition) is 0. The van der Waals surface area contributed by atoms with E-state index in [9.17, 15) is 9.18 Å². The summed E-state index contributed by atoms with van der Waals surface area (Å²) in [5.41, 5.74) is 3.19. The number of piperazine rings is 1. The van der Waals surface area contributed by atoms with Crippen LogP contribution in [-0.2, 0) is 6.54 Å². The van der Waals surface area contributed by atoms with E-state index in [1.165, 1.54) is 12.1 Å². The zero-order chi connectivity index (χ0) is 25.8. The molecule has 1 aliphatic rings. The Morgan fingerprint density at radius 3 is 2.47 bits per heavy atom. The van der Waals surface area contributed by atoms with Gasteiger partial charge in [0.15, 0.2) is 0 Å². The molecule has 0 N–H and O–H groups in total. The Labute approximate surface area is 221 Å². The van der Waals surface area contributed by atoms with Crippen molar-refractivity contribution in [3.63, 3.8) is 0 Å². The molecule has 1 aromatic heterocycles. The molecule has 2 heterocycles. The number of amides is 1. The van der Waals surface area contributed by atoms with Crippen LogP contribution in [0.5, 0.6) is 0 Å². The minimum Gasteiger partial charge on any atom is -0.354 e. The van der Waals surface area contributed by atoms with E-state index in [1.807, 2.05) is 46.8 Å². The predicted octanol–water partition coefficient (Wildman–Crippen LogP) is 5.67. The van der Waals surface area contributed by atoms with Gasteiger partial charge in [0, 0.05) is 47.8 Å². The van der Waals surface area contributed by atoms with E-state index in [1.54, 1.807) is 6.07 Å². The number of carbonyl (C=O) groups is 1. The molecule has 1 saturated heterocycles. The number of carbonyl (C=O) groups excluding carboxylic acids is 1. The van der Waals surface area contributed by atoms with E-state index >= 15 is 0 Å². The van der Waals surface area contributed by atoms with Crippen molar-refractivity contribution in [3.8, 4) is 5.69 Å². The lowest BCUT2D eigenvalue weighted by atomic mass is 10.1. The molecule has 0 unspecified atom stereocenters. The van der Waals surface area contributed by atoms with Gasteiger partial charge in [-0.1, -0.05) is 41.9 Å². The van der Waals surface area contributed by atoms with Gasteiger partial charge in [0.05, 0.1) is 17.9 Å². The molecule has 8 heteroatoms. The molecule has 0 aliphatic carbocycles. The largest absolute Gasteiger partial charge is 0.354 e. The Hall–Kier alpha value is -2.71. The Morgan fingerprint density at radius 1 is 1.11 bits per heavy atom. The van der Waals surface area contributed by atoms with E-state index < -0.39 is 0 Å². The van der Waals surface area contributed by atoms with Gasteiger partial charge in [-0.3, -0.25) is 4.79 Å². The summed E-state index contributed by atoms with van der Waals surface area (Å²) in [4.78, 5) is 20.4. The molecule has 2 aromatic carbocycles. The Morgan fingerprint density at radius 2 is 1.83 bits per heavy atom. The first-order valence-corrected chi connectivity index (χ1v) is 13.5. The zero-order valence-corrected chi connectivity index (χ0v) is 23.1. The molecule has 36 heavy (non-hydrogen) atoms. The lowest BCUT2D eigenvalue weighted by Gasteiger charge is -2.37. The van der Waals surface area contributed by atoms with Crippen molar-refractivity contribution in [3.05, 3.63) is 75.6 Å². The minimum absolute atomic E-state index is 0.00897. The smallest absolute Gasteiger partial charge is 0.254 e. The third-order valence-corrected chi connectivity index (χ3v) is 7.61. The fourth-order valence-corrected chi connectivity index (χ4v) is 5.13. The van der Waals surface area contributed by atoms with E-state index in [4.69, 9.17) is 5.10 Å². The first-order valence-electron chi connectivity index (χ1n) is 12.7. The molecule has 0 spiro atoms. The lowest BCUT2D eigenvalue weighted by Crippen LogP contribution is -2.47. The zero-order valence-electron chi connectivity index (χ0n) is 21.5. The Bertz CT molecular complexity index is 1200. The van der Waals surface area contributed by atoms with Crippen molar-refractivity contribution in [1.82, 2.24) is 19.6 Å². The summed E-state index contributed by atoms with van der Waals surface area (Å²) in [6, 6.07) is 14.1.